The van der Waals surface area contributed by atoms with Crippen LogP contribution in [0.25, 0.3) is 20.8 Å². The van der Waals surface area contributed by atoms with Crippen LogP contribution >= 0.6 is 22.7 Å². The van der Waals surface area contributed by atoms with Crippen LogP contribution in [-0.2, 0) is 17.8 Å². The van der Waals surface area contributed by atoms with E-state index in [1.807, 2.05) is 6.07 Å². The molecule has 3 aromatic rings. The Kier molecular flexibility index (Phi) is 6.24. The van der Waals surface area contributed by atoms with E-state index < -0.39 is 0 Å². The third-order valence-electron chi connectivity index (χ3n) is 5.33. The van der Waals surface area contributed by atoms with E-state index >= 15 is 0 Å². The third-order valence-corrected chi connectivity index (χ3v) is 7.53. The SMILES string of the molecule is CC[C@H](C)NCCC(=O)Nc1sc2c(c1-c1nc3cnccc3s1)CC(C)NC2. The fraction of sp³-hybridized carbons (Fsp3) is 0.476. The van der Waals surface area contributed by atoms with Gasteiger partial charge in [0.15, 0.2) is 0 Å². The minimum atomic E-state index is 0.0458. The molecule has 1 amide bonds. The maximum Gasteiger partial charge on any atom is 0.226 e. The van der Waals surface area contributed by atoms with Gasteiger partial charge in [-0.05, 0) is 38.3 Å². The van der Waals surface area contributed by atoms with Crippen molar-refractivity contribution in [3.05, 3.63) is 28.9 Å². The number of nitrogens with one attached hydrogen (secondary N) is 3. The zero-order valence-corrected chi connectivity index (χ0v) is 18.7. The molecule has 0 saturated carbocycles. The van der Waals surface area contributed by atoms with Crippen molar-refractivity contribution in [1.29, 1.82) is 0 Å². The minimum absolute atomic E-state index is 0.0458. The molecule has 0 bridgehead atoms. The van der Waals surface area contributed by atoms with E-state index in [1.54, 1.807) is 35.1 Å². The lowest BCUT2D eigenvalue weighted by atomic mass is 9.99. The standard InChI is InChI=1S/C21H27N5OS2/c1-4-12(2)23-8-6-18(27)26-21-19(14-9-13(3)24-11-17(14)29-21)20-25-15-10-22-7-5-16(15)28-20/h5,7,10,12-13,23-24H,4,6,8-9,11H2,1-3H3,(H,26,27)/t12-,13?/m0/s1. The number of carbonyl (C=O) groups excluding carboxylic acids is 1. The van der Waals surface area contributed by atoms with Gasteiger partial charge in [-0.15, -0.1) is 22.7 Å². The van der Waals surface area contributed by atoms with Crippen molar-refractivity contribution < 1.29 is 4.79 Å². The largest absolute Gasteiger partial charge is 0.317 e. The summed E-state index contributed by atoms with van der Waals surface area (Å²) >= 11 is 3.34. The number of amides is 1. The lowest BCUT2D eigenvalue weighted by Gasteiger charge is -2.20. The number of nitrogens with zero attached hydrogens (tertiary/aromatic N) is 2. The number of hydrogen-bond donors (Lipinski definition) is 3. The van der Waals surface area contributed by atoms with Crippen LogP contribution in [0.4, 0.5) is 5.00 Å². The summed E-state index contributed by atoms with van der Waals surface area (Å²) < 4.78 is 1.12. The van der Waals surface area contributed by atoms with Crippen molar-refractivity contribution in [2.75, 3.05) is 11.9 Å². The van der Waals surface area contributed by atoms with Gasteiger partial charge in [0, 0.05) is 48.2 Å². The second kappa shape index (κ2) is 8.87. The fourth-order valence-electron chi connectivity index (χ4n) is 3.48. The summed E-state index contributed by atoms with van der Waals surface area (Å²) in [5, 5.41) is 12.0. The van der Waals surface area contributed by atoms with Crippen LogP contribution < -0.4 is 16.0 Å². The van der Waals surface area contributed by atoms with Gasteiger partial charge in [-0.1, -0.05) is 6.92 Å². The molecule has 1 aliphatic heterocycles. The zero-order chi connectivity index (χ0) is 20.4. The number of thiophene rings is 1. The van der Waals surface area contributed by atoms with E-state index in [4.69, 9.17) is 4.98 Å². The number of carbonyl (C=O) groups is 1. The topological polar surface area (TPSA) is 78.9 Å². The van der Waals surface area contributed by atoms with E-state index in [0.29, 0.717) is 25.0 Å². The first-order chi connectivity index (χ1) is 14.0. The van der Waals surface area contributed by atoms with Gasteiger partial charge in [0.2, 0.25) is 5.91 Å². The summed E-state index contributed by atoms with van der Waals surface area (Å²) in [7, 11) is 0. The van der Waals surface area contributed by atoms with Crippen molar-refractivity contribution in [1.82, 2.24) is 20.6 Å². The van der Waals surface area contributed by atoms with E-state index in [-0.39, 0.29) is 5.91 Å². The van der Waals surface area contributed by atoms with Crippen molar-refractivity contribution in [2.45, 2.75) is 58.7 Å². The number of anilines is 1. The second-order valence-corrected chi connectivity index (χ2v) is 9.75. The highest BCUT2D eigenvalue weighted by atomic mass is 32.1. The third kappa shape index (κ3) is 4.50. The van der Waals surface area contributed by atoms with Gasteiger partial charge in [-0.3, -0.25) is 9.78 Å². The van der Waals surface area contributed by atoms with Crippen LogP contribution in [0.5, 0.6) is 0 Å². The summed E-state index contributed by atoms with van der Waals surface area (Å²) in [5.41, 5.74) is 3.33. The van der Waals surface area contributed by atoms with Gasteiger partial charge in [0.05, 0.1) is 10.9 Å². The van der Waals surface area contributed by atoms with Crippen LogP contribution in [0, 0.1) is 0 Å². The summed E-state index contributed by atoms with van der Waals surface area (Å²) in [6.07, 6.45) is 6.07. The van der Waals surface area contributed by atoms with Crippen molar-refractivity contribution >= 4 is 43.8 Å². The monoisotopic (exact) mass is 429 g/mol. The Morgan fingerprint density at radius 1 is 1.41 bits per heavy atom. The molecule has 0 fully saturated rings. The normalized spacial score (nSPS) is 17.3. The highest BCUT2D eigenvalue weighted by Gasteiger charge is 2.27. The van der Waals surface area contributed by atoms with Gasteiger partial charge in [0.25, 0.3) is 0 Å². The van der Waals surface area contributed by atoms with Crippen molar-refractivity contribution in [3.63, 3.8) is 0 Å². The van der Waals surface area contributed by atoms with Crippen LogP contribution in [0.1, 0.15) is 44.1 Å². The fourth-order valence-corrected chi connectivity index (χ4v) is 5.76. The van der Waals surface area contributed by atoms with E-state index in [2.05, 4.69) is 41.7 Å². The van der Waals surface area contributed by atoms with E-state index in [1.165, 1.54) is 10.4 Å². The quantitative estimate of drug-likeness (QED) is 0.525. The molecule has 0 aromatic carbocycles. The molecule has 29 heavy (non-hydrogen) atoms. The Bertz CT molecular complexity index is 979. The lowest BCUT2D eigenvalue weighted by molar-refractivity contribution is -0.116. The van der Waals surface area contributed by atoms with Crippen molar-refractivity contribution in [3.8, 4) is 10.6 Å². The molecule has 154 valence electrons. The average Bonchev–Trinajstić information content (AvgIpc) is 3.27. The number of aromatic nitrogens is 2. The molecule has 0 radical (unpaired) electrons. The average molecular weight is 430 g/mol. The van der Waals surface area contributed by atoms with E-state index in [0.717, 1.165) is 45.2 Å². The Hall–Kier alpha value is -1.87. The number of hydrogen-bond acceptors (Lipinski definition) is 7. The molecule has 3 N–H and O–H groups in total. The molecule has 1 unspecified atom stereocenters. The predicted molar refractivity (Wildman–Crippen MR) is 122 cm³/mol. The molecule has 6 nitrogen and oxygen atoms in total. The first kappa shape index (κ1) is 20.4. The first-order valence-corrected chi connectivity index (χ1v) is 11.8. The molecule has 4 heterocycles. The van der Waals surface area contributed by atoms with Crippen LogP contribution in [0.3, 0.4) is 0 Å². The Balaban J connectivity index is 1.62. The highest BCUT2D eigenvalue weighted by Crippen LogP contribution is 2.45. The highest BCUT2D eigenvalue weighted by molar-refractivity contribution is 7.22. The lowest BCUT2D eigenvalue weighted by Crippen LogP contribution is -2.32. The maximum atomic E-state index is 12.6. The van der Waals surface area contributed by atoms with Gasteiger partial charge in [0.1, 0.15) is 15.5 Å². The van der Waals surface area contributed by atoms with Crippen molar-refractivity contribution in [2.24, 2.45) is 0 Å². The van der Waals surface area contributed by atoms with E-state index in [9.17, 15) is 4.79 Å². The number of thiazole rings is 1. The number of rotatable bonds is 7. The maximum absolute atomic E-state index is 12.6. The summed E-state index contributed by atoms with van der Waals surface area (Å²) in [4.78, 5) is 22.9. The first-order valence-electron chi connectivity index (χ1n) is 10.2. The number of pyridine rings is 1. The smallest absolute Gasteiger partial charge is 0.226 e. The molecule has 0 spiro atoms. The van der Waals surface area contributed by atoms with Gasteiger partial charge in [-0.25, -0.2) is 4.98 Å². The molecular weight excluding hydrogens is 402 g/mol. The van der Waals surface area contributed by atoms with Crippen LogP contribution in [-0.4, -0.2) is 34.5 Å². The summed E-state index contributed by atoms with van der Waals surface area (Å²) in [6.45, 7) is 8.01. The Labute approximate surface area is 179 Å². The molecule has 3 aromatic heterocycles. The van der Waals surface area contributed by atoms with Gasteiger partial charge < -0.3 is 16.0 Å². The molecule has 2 atom stereocenters. The molecule has 0 aliphatic carbocycles. The van der Waals surface area contributed by atoms with Gasteiger partial charge >= 0.3 is 0 Å². The Morgan fingerprint density at radius 2 is 2.28 bits per heavy atom. The second-order valence-electron chi connectivity index (χ2n) is 7.62. The summed E-state index contributed by atoms with van der Waals surface area (Å²) in [6, 6.07) is 2.84. The molecule has 8 heteroatoms. The molecule has 4 rings (SSSR count). The predicted octanol–water partition coefficient (Wildman–Crippen LogP) is 4.17. The minimum Gasteiger partial charge on any atom is -0.317 e. The molecular formula is C21H27N5OS2. The summed E-state index contributed by atoms with van der Waals surface area (Å²) in [5.74, 6) is 0.0458. The van der Waals surface area contributed by atoms with Crippen LogP contribution in [0.15, 0.2) is 18.5 Å². The van der Waals surface area contributed by atoms with Crippen LogP contribution in [0.2, 0.25) is 0 Å². The van der Waals surface area contributed by atoms with Gasteiger partial charge in [-0.2, -0.15) is 0 Å². The Morgan fingerprint density at radius 3 is 3.07 bits per heavy atom. The molecule has 0 saturated heterocycles. The number of fused-ring (bicyclic) bond motifs is 2. The molecule has 1 aliphatic rings. The zero-order valence-electron chi connectivity index (χ0n) is 17.0.